The van der Waals surface area contributed by atoms with E-state index in [0.29, 0.717) is 12.3 Å². The quantitative estimate of drug-likeness (QED) is 0.640. The summed E-state index contributed by atoms with van der Waals surface area (Å²) in [7, 11) is -0.822. The molecule has 0 spiro atoms. The Labute approximate surface area is 126 Å². The summed E-state index contributed by atoms with van der Waals surface area (Å²) in [5.41, 5.74) is 0. The van der Waals surface area contributed by atoms with Crippen molar-refractivity contribution in [2.24, 2.45) is 10.9 Å². The first-order valence-electron chi connectivity index (χ1n) is 7.76. The third-order valence-electron chi connectivity index (χ3n) is 3.64. The molecule has 20 heavy (non-hydrogen) atoms. The van der Waals surface area contributed by atoms with Gasteiger partial charge in [-0.3, -0.25) is 9.20 Å². The highest BCUT2D eigenvalue weighted by Gasteiger charge is 2.20. The maximum atomic E-state index is 12.0. The van der Waals surface area contributed by atoms with Gasteiger partial charge in [0.2, 0.25) is 0 Å². The minimum Gasteiger partial charge on any atom is -0.357 e. The Balaban J connectivity index is 2.53. The third-order valence-corrected chi connectivity index (χ3v) is 5.56. The number of hydrogen-bond donors (Lipinski definition) is 1. The molecule has 0 saturated carbocycles. The van der Waals surface area contributed by atoms with Crippen molar-refractivity contribution >= 4 is 16.8 Å². The number of guanidine groups is 1. The molecule has 1 unspecified atom stereocenters. The Morgan fingerprint density at radius 3 is 2.45 bits per heavy atom. The lowest BCUT2D eigenvalue weighted by atomic mass is 10.00. The van der Waals surface area contributed by atoms with Crippen LogP contribution in [0.5, 0.6) is 0 Å². The number of nitrogens with zero attached hydrogens (tertiary/aromatic N) is 2. The molecule has 0 radical (unpaired) electrons. The number of rotatable bonds is 4. The molecule has 0 aliphatic carbocycles. The zero-order valence-corrected chi connectivity index (χ0v) is 14.6. The molecule has 0 amide bonds. The van der Waals surface area contributed by atoms with Crippen molar-refractivity contribution in [2.75, 3.05) is 31.9 Å². The van der Waals surface area contributed by atoms with Gasteiger partial charge in [-0.2, -0.15) is 0 Å². The van der Waals surface area contributed by atoms with Crippen LogP contribution < -0.4 is 5.32 Å². The van der Waals surface area contributed by atoms with Crippen LogP contribution in [-0.4, -0.2) is 51.7 Å². The van der Waals surface area contributed by atoms with Gasteiger partial charge in [0.15, 0.2) is 5.96 Å². The molecule has 0 aromatic rings. The minimum absolute atomic E-state index is 0.144. The second-order valence-electron chi connectivity index (χ2n) is 6.57. The summed E-state index contributed by atoms with van der Waals surface area (Å²) >= 11 is 0. The van der Waals surface area contributed by atoms with E-state index in [4.69, 9.17) is 0 Å². The van der Waals surface area contributed by atoms with Crippen LogP contribution in [0.1, 0.15) is 47.5 Å². The first-order chi connectivity index (χ1) is 9.34. The number of likely N-dealkylation sites (tertiary alicyclic amines) is 1. The van der Waals surface area contributed by atoms with Gasteiger partial charge in [-0.15, -0.1) is 0 Å². The zero-order chi connectivity index (χ0) is 15.2. The molecular weight excluding hydrogens is 270 g/mol. The van der Waals surface area contributed by atoms with Crippen molar-refractivity contribution in [3.05, 3.63) is 0 Å². The van der Waals surface area contributed by atoms with Crippen molar-refractivity contribution in [2.45, 2.75) is 52.2 Å². The summed E-state index contributed by atoms with van der Waals surface area (Å²) in [6.45, 7) is 14.1. The fourth-order valence-corrected chi connectivity index (χ4v) is 3.06. The Morgan fingerprint density at radius 2 is 1.95 bits per heavy atom. The summed E-state index contributed by atoms with van der Waals surface area (Å²) in [6.07, 6.45) is 2.47. The lowest BCUT2D eigenvalue weighted by molar-refractivity contribution is 0.273. The molecule has 1 aliphatic heterocycles. The smallest absolute Gasteiger partial charge is 0.193 e. The maximum absolute atomic E-state index is 12.0. The van der Waals surface area contributed by atoms with Crippen molar-refractivity contribution < 1.29 is 4.21 Å². The van der Waals surface area contributed by atoms with Gasteiger partial charge in [-0.1, -0.05) is 6.92 Å². The topological polar surface area (TPSA) is 44.7 Å². The summed E-state index contributed by atoms with van der Waals surface area (Å²) in [6, 6.07) is 0. The number of hydrogen-bond acceptors (Lipinski definition) is 2. The summed E-state index contributed by atoms with van der Waals surface area (Å²) in [5.74, 6) is 2.45. The predicted molar refractivity (Wildman–Crippen MR) is 88.7 cm³/mol. The van der Waals surface area contributed by atoms with E-state index >= 15 is 0 Å². The van der Waals surface area contributed by atoms with E-state index < -0.39 is 10.8 Å². The Morgan fingerprint density at radius 1 is 1.35 bits per heavy atom. The predicted octanol–water partition coefficient (Wildman–Crippen LogP) is 2.23. The van der Waals surface area contributed by atoms with Crippen LogP contribution >= 0.6 is 0 Å². The molecule has 1 saturated heterocycles. The summed E-state index contributed by atoms with van der Waals surface area (Å²) in [5, 5.41) is 3.36. The van der Waals surface area contributed by atoms with Gasteiger partial charge in [0, 0.05) is 40.9 Å². The van der Waals surface area contributed by atoms with E-state index in [1.54, 1.807) is 0 Å². The first kappa shape index (κ1) is 17.5. The van der Waals surface area contributed by atoms with E-state index in [0.717, 1.165) is 31.5 Å². The Hall–Kier alpha value is -0.580. The lowest BCUT2D eigenvalue weighted by Crippen LogP contribution is -2.45. The third kappa shape index (κ3) is 5.81. The van der Waals surface area contributed by atoms with Crippen LogP contribution in [-0.2, 0) is 10.8 Å². The molecule has 1 rings (SSSR count). The van der Waals surface area contributed by atoms with Crippen LogP contribution in [0.15, 0.2) is 4.99 Å². The Bertz CT molecular complexity index is 342. The van der Waals surface area contributed by atoms with Crippen molar-refractivity contribution in [1.82, 2.24) is 10.2 Å². The molecule has 4 nitrogen and oxygen atoms in total. The lowest BCUT2D eigenvalue weighted by Gasteiger charge is -2.33. The van der Waals surface area contributed by atoms with Crippen molar-refractivity contribution in [3.8, 4) is 0 Å². The van der Waals surface area contributed by atoms with Gasteiger partial charge < -0.3 is 10.2 Å². The van der Waals surface area contributed by atoms with Crippen molar-refractivity contribution in [1.29, 1.82) is 0 Å². The highest BCUT2D eigenvalue weighted by Crippen LogP contribution is 2.16. The molecular formula is C15H31N3OS. The van der Waals surface area contributed by atoms with Gasteiger partial charge in [0.1, 0.15) is 0 Å². The number of nitrogens with one attached hydrogen (secondary N) is 1. The van der Waals surface area contributed by atoms with Gasteiger partial charge in [-0.25, -0.2) is 0 Å². The second kappa shape index (κ2) is 8.01. The van der Waals surface area contributed by atoms with E-state index in [-0.39, 0.29) is 4.75 Å². The van der Waals surface area contributed by atoms with Gasteiger partial charge in [0.05, 0.1) is 6.54 Å². The highest BCUT2D eigenvalue weighted by atomic mass is 32.2. The minimum atomic E-state index is -0.822. The summed E-state index contributed by atoms with van der Waals surface area (Å²) < 4.78 is 11.9. The van der Waals surface area contributed by atoms with Gasteiger partial charge in [0.25, 0.3) is 0 Å². The van der Waals surface area contributed by atoms with E-state index in [1.807, 2.05) is 20.8 Å². The summed E-state index contributed by atoms with van der Waals surface area (Å²) in [4.78, 5) is 6.99. The monoisotopic (exact) mass is 301 g/mol. The fourth-order valence-electron chi connectivity index (χ4n) is 2.19. The Kier molecular flexibility index (Phi) is 7.00. The molecule has 1 fully saturated rings. The molecule has 0 aromatic heterocycles. The number of aliphatic imine (C=N–C) groups is 1. The van der Waals surface area contributed by atoms with E-state index in [2.05, 4.69) is 29.1 Å². The van der Waals surface area contributed by atoms with Crippen molar-refractivity contribution in [3.63, 3.8) is 0 Å². The number of piperidine rings is 1. The van der Waals surface area contributed by atoms with Crippen LogP contribution in [0.2, 0.25) is 0 Å². The van der Waals surface area contributed by atoms with E-state index in [1.165, 1.54) is 12.8 Å². The molecule has 0 aromatic carbocycles. The largest absolute Gasteiger partial charge is 0.357 e. The molecule has 1 atom stereocenters. The second-order valence-corrected chi connectivity index (χ2v) is 8.89. The van der Waals surface area contributed by atoms with Crippen LogP contribution in [0, 0.1) is 5.92 Å². The highest BCUT2D eigenvalue weighted by molar-refractivity contribution is 7.86. The molecule has 5 heteroatoms. The normalized spacial score (nSPS) is 20.1. The average molecular weight is 302 g/mol. The average Bonchev–Trinajstić information content (AvgIpc) is 2.37. The molecule has 1 N–H and O–H groups in total. The van der Waals surface area contributed by atoms with Gasteiger partial charge >= 0.3 is 0 Å². The maximum Gasteiger partial charge on any atom is 0.193 e. The molecule has 1 heterocycles. The zero-order valence-electron chi connectivity index (χ0n) is 13.7. The van der Waals surface area contributed by atoms with Crippen LogP contribution in [0.4, 0.5) is 0 Å². The van der Waals surface area contributed by atoms with E-state index in [9.17, 15) is 4.21 Å². The van der Waals surface area contributed by atoms with Crippen LogP contribution in [0.25, 0.3) is 0 Å². The molecule has 1 aliphatic rings. The molecule has 118 valence electrons. The van der Waals surface area contributed by atoms with Gasteiger partial charge in [-0.05, 0) is 46.5 Å². The van der Waals surface area contributed by atoms with Crippen LogP contribution in [0.3, 0.4) is 0 Å². The first-order valence-corrected chi connectivity index (χ1v) is 9.08. The fraction of sp³-hybridized carbons (Fsp3) is 0.933. The molecule has 0 bridgehead atoms. The standard InChI is InChI=1S/C15H31N3OS/c1-6-16-14(18-10-7-13(2)8-11-18)17-9-12-20(19)15(3,4)5/h13H,6-12H2,1-5H3,(H,16,17). The SMILES string of the molecule is CCNC(=NCCS(=O)C(C)(C)C)N1CCC(C)CC1.